The van der Waals surface area contributed by atoms with Gasteiger partial charge in [0.2, 0.25) is 5.91 Å². The molecular weight excluding hydrogens is 394 g/mol. The van der Waals surface area contributed by atoms with Crippen molar-refractivity contribution in [2.75, 3.05) is 16.5 Å². The lowest BCUT2D eigenvalue weighted by atomic mass is 9.98. The van der Waals surface area contributed by atoms with Crippen molar-refractivity contribution < 1.29 is 19.1 Å². The number of carbonyl (C=O) groups excluding carboxylic acids is 3. The third-order valence-corrected chi connectivity index (χ3v) is 5.17. The van der Waals surface area contributed by atoms with Gasteiger partial charge >= 0.3 is 5.97 Å². The molecule has 4 rings (SSSR count). The summed E-state index contributed by atoms with van der Waals surface area (Å²) in [4.78, 5) is 40.1. The molecule has 0 N–H and O–H groups in total. The summed E-state index contributed by atoms with van der Waals surface area (Å²) in [5, 5.41) is 6.22. The van der Waals surface area contributed by atoms with Crippen LogP contribution in [0.1, 0.15) is 12.5 Å². The number of hydrogen-bond acceptors (Lipinski definition) is 6. The van der Waals surface area contributed by atoms with Gasteiger partial charge in [0.1, 0.15) is 12.0 Å². The summed E-state index contributed by atoms with van der Waals surface area (Å²) in [5.41, 5.74) is 1.94. The normalized spacial score (nSPS) is 20.7. The van der Waals surface area contributed by atoms with E-state index in [-0.39, 0.29) is 12.3 Å². The minimum Gasteiger partial charge on any atom is -0.461 e. The average molecular weight is 412 g/mol. The van der Waals surface area contributed by atoms with Gasteiger partial charge in [0.25, 0.3) is 5.91 Å². The van der Waals surface area contributed by atoms with Crippen molar-refractivity contribution in [3.8, 4) is 0 Å². The molecule has 7 nitrogen and oxygen atoms in total. The molecule has 0 saturated carbocycles. The van der Waals surface area contributed by atoms with Gasteiger partial charge in [-0.2, -0.15) is 5.10 Å². The van der Waals surface area contributed by atoms with Crippen LogP contribution < -0.4 is 9.91 Å². The zero-order valence-corrected chi connectivity index (χ0v) is 16.6. The third kappa shape index (κ3) is 3.17. The van der Waals surface area contributed by atoms with Gasteiger partial charge in [-0.05, 0) is 50.2 Å². The number of hydrogen-bond donors (Lipinski definition) is 0. The molecule has 1 saturated heterocycles. The van der Waals surface area contributed by atoms with E-state index >= 15 is 0 Å². The second kappa shape index (κ2) is 7.33. The molecule has 2 aliphatic heterocycles. The lowest BCUT2D eigenvalue weighted by Crippen LogP contribution is -2.39. The van der Waals surface area contributed by atoms with Crippen molar-refractivity contribution >= 4 is 46.5 Å². The van der Waals surface area contributed by atoms with Crippen molar-refractivity contribution in [2.24, 2.45) is 11.0 Å². The first-order chi connectivity index (χ1) is 13.9. The van der Waals surface area contributed by atoms with Crippen molar-refractivity contribution in [1.82, 2.24) is 0 Å². The Balaban J connectivity index is 1.78. The van der Waals surface area contributed by atoms with Crippen molar-refractivity contribution in [3.63, 3.8) is 0 Å². The molecule has 2 aromatic rings. The minimum absolute atomic E-state index is 0.0697. The first kappa shape index (κ1) is 19.1. The molecule has 0 radical (unpaired) electrons. The van der Waals surface area contributed by atoms with Gasteiger partial charge in [-0.15, -0.1) is 0 Å². The maximum atomic E-state index is 13.3. The van der Waals surface area contributed by atoms with Gasteiger partial charge < -0.3 is 4.74 Å². The second-order valence-electron chi connectivity index (χ2n) is 6.80. The highest BCUT2D eigenvalue weighted by atomic mass is 35.5. The molecule has 0 bridgehead atoms. The number of esters is 1. The number of nitrogens with zero attached hydrogens (tertiary/aromatic N) is 3. The summed E-state index contributed by atoms with van der Waals surface area (Å²) >= 11 is 5.96. The number of hydrazone groups is 1. The summed E-state index contributed by atoms with van der Waals surface area (Å²) in [6.07, 6.45) is 0. The largest absolute Gasteiger partial charge is 0.461 e. The predicted octanol–water partition coefficient (Wildman–Crippen LogP) is 2.95. The van der Waals surface area contributed by atoms with Crippen LogP contribution in [-0.4, -0.2) is 36.1 Å². The molecule has 8 heteroatoms. The molecule has 1 fully saturated rings. The van der Waals surface area contributed by atoms with Crippen LogP contribution in [0, 0.1) is 12.8 Å². The highest BCUT2D eigenvalue weighted by Gasteiger charge is 2.59. The molecule has 2 aliphatic rings. The zero-order chi connectivity index (χ0) is 20.7. The molecule has 2 amide bonds. The van der Waals surface area contributed by atoms with E-state index in [1.807, 2.05) is 19.1 Å². The van der Waals surface area contributed by atoms with E-state index in [2.05, 4.69) is 5.10 Å². The van der Waals surface area contributed by atoms with Crippen LogP contribution >= 0.6 is 11.6 Å². The Morgan fingerprint density at radius 1 is 1.03 bits per heavy atom. The van der Waals surface area contributed by atoms with Gasteiger partial charge in [0.05, 0.1) is 18.0 Å². The van der Waals surface area contributed by atoms with Gasteiger partial charge in [-0.25, -0.2) is 9.69 Å². The minimum atomic E-state index is -1.03. The quantitative estimate of drug-likeness (QED) is 0.571. The van der Waals surface area contributed by atoms with E-state index in [9.17, 15) is 14.4 Å². The highest BCUT2D eigenvalue weighted by Crippen LogP contribution is 2.38. The molecule has 0 aliphatic carbocycles. The summed E-state index contributed by atoms with van der Waals surface area (Å²) < 4.78 is 5.08. The van der Waals surface area contributed by atoms with Crippen LogP contribution in [0.2, 0.25) is 5.02 Å². The van der Waals surface area contributed by atoms with E-state index in [4.69, 9.17) is 16.3 Å². The van der Waals surface area contributed by atoms with Crippen LogP contribution in [0.25, 0.3) is 0 Å². The van der Waals surface area contributed by atoms with Gasteiger partial charge in [0, 0.05) is 5.02 Å². The highest BCUT2D eigenvalue weighted by molar-refractivity contribution is 6.47. The van der Waals surface area contributed by atoms with E-state index in [0.29, 0.717) is 16.4 Å². The number of benzene rings is 2. The zero-order valence-electron chi connectivity index (χ0n) is 15.8. The number of amides is 2. The Morgan fingerprint density at radius 3 is 2.28 bits per heavy atom. The van der Waals surface area contributed by atoms with Crippen LogP contribution in [0.15, 0.2) is 53.6 Å². The fraction of sp³-hybridized carbons (Fsp3) is 0.238. The molecule has 0 unspecified atom stereocenters. The summed E-state index contributed by atoms with van der Waals surface area (Å²) in [7, 11) is 0. The van der Waals surface area contributed by atoms with Crippen LogP contribution in [0.4, 0.5) is 11.4 Å². The molecule has 0 aromatic heterocycles. The number of aryl methyl sites for hydroxylation is 1. The molecule has 2 heterocycles. The van der Waals surface area contributed by atoms with E-state index in [0.717, 1.165) is 10.5 Å². The fourth-order valence-electron chi connectivity index (χ4n) is 3.54. The van der Waals surface area contributed by atoms with Crippen LogP contribution in [0.5, 0.6) is 0 Å². The Bertz CT molecular complexity index is 1020. The molecule has 2 atom stereocenters. The first-order valence-electron chi connectivity index (χ1n) is 9.17. The lowest BCUT2D eigenvalue weighted by Gasteiger charge is -2.22. The van der Waals surface area contributed by atoms with Gasteiger partial charge in [-0.3, -0.25) is 14.6 Å². The number of fused-ring (bicyclic) bond motifs is 1. The van der Waals surface area contributed by atoms with Gasteiger partial charge in [0.15, 0.2) is 5.71 Å². The van der Waals surface area contributed by atoms with Gasteiger partial charge in [-0.1, -0.05) is 29.3 Å². The molecule has 29 heavy (non-hydrogen) atoms. The Morgan fingerprint density at radius 2 is 1.66 bits per heavy atom. The van der Waals surface area contributed by atoms with E-state index in [1.54, 1.807) is 43.3 Å². The number of imide groups is 1. The van der Waals surface area contributed by atoms with Crippen molar-refractivity contribution in [3.05, 3.63) is 59.1 Å². The molecule has 2 aromatic carbocycles. The van der Waals surface area contributed by atoms with Crippen molar-refractivity contribution in [1.29, 1.82) is 0 Å². The van der Waals surface area contributed by atoms with Crippen LogP contribution in [0.3, 0.4) is 0 Å². The number of anilines is 2. The Labute approximate surface area is 172 Å². The van der Waals surface area contributed by atoms with Crippen molar-refractivity contribution in [2.45, 2.75) is 19.9 Å². The maximum Gasteiger partial charge on any atom is 0.355 e. The predicted molar refractivity (Wildman–Crippen MR) is 109 cm³/mol. The maximum absolute atomic E-state index is 13.3. The third-order valence-electron chi connectivity index (χ3n) is 4.92. The lowest BCUT2D eigenvalue weighted by molar-refractivity contribution is -0.136. The number of carbonyl (C=O) groups is 3. The monoisotopic (exact) mass is 411 g/mol. The number of rotatable bonds is 4. The molecular formula is C21H18ClN3O4. The Kier molecular flexibility index (Phi) is 4.84. The topological polar surface area (TPSA) is 79.3 Å². The number of halogens is 1. The summed E-state index contributed by atoms with van der Waals surface area (Å²) in [6.45, 7) is 3.72. The Hall–Kier alpha value is -3.19. The standard InChI is InChI=1S/C21H18ClN3O4/c1-3-29-21(28)17-16-18(25(23-17)15-10-6-13(22)7-11-15)20(27)24(19(16)26)14-8-4-12(2)5-9-14/h4-11,16,18H,3H2,1-2H3/t16-,18-/m1/s1. The second-order valence-corrected chi connectivity index (χ2v) is 7.23. The summed E-state index contributed by atoms with van der Waals surface area (Å²) in [6, 6.07) is 12.8. The smallest absolute Gasteiger partial charge is 0.355 e. The summed E-state index contributed by atoms with van der Waals surface area (Å²) in [5.74, 6) is -2.67. The van der Waals surface area contributed by atoms with E-state index < -0.39 is 29.7 Å². The SMILES string of the molecule is CCOC(=O)C1=NN(c2ccc(Cl)cc2)[C@H]2C(=O)N(c3ccc(C)cc3)C(=O)[C@H]12. The number of ether oxygens (including phenoxy) is 1. The molecule has 148 valence electrons. The average Bonchev–Trinajstić information content (AvgIpc) is 3.21. The van der Waals surface area contributed by atoms with Crippen LogP contribution in [-0.2, 0) is 19.1 Å². The fourth-order valence-corrected chi connectivity index (χ4v) is 3.67. The first-order valence-corrected chi connectivity index (χ1v) is 9.55. The van der Waals surface area contributed by atoms with E-state index in [1.165, 1.54) is 5.01 Å². The molecule has 0 spiro atoms.